The molecule has 1 saturated carbocycles. The van der Waals surface area contributed by atoms with Crippen molar-refractivity contribution in [2.75, 3.05) is 32.1 Å². The molecule has 0 radical (unpaired) electrons. The Morgan fingerprint density at radius 1 is 1.24 bits per heavy atom. The summed E-state index contributed by atoms with van der Waals surface area (Å²) in [6, 6.07) is 5.66. The molecule has 3 N–H and O–H groups in total. The normalized spacial score (nSPS) is 14.0. The van der Waals surface area contributed by atoms with E-state index in [0.29, 0.717) is 24.8 Å². The van der Waals surface area contributed by atoms with Gasteiger partial charge in [-0.25, -0.2) is 0 Å². The second kappa shape index (κ2) is 11.1. The summed E-state index contributed by atoms with van der Waals surface area (Å²) in [6.07, 6.45) is 4.50. The van der Waals surface area contributed by atoms with E-state index in [-0.39, 0.29) is 30.8 Å². The molecule has 0 atom stereocenters. The molecule has 0 bridgehead atoms. The Balaban J connectivity index is 0.00000312. The Kier molecular flexibility index (Phi) is 9.49. The van der Waals surface area contributed by atoms with E-state index in [9.17, 15) is 9.59 Å². The van der Waals surface area contributed by atoms with Gasteiger partial charge in [-0.2, -0.15) is 0 Å². The predicted octanol–water partition coefficient (Wildman–Crippen LogP) is 2.26. The second-order valence-electron chi connectivity index (χ2n) is 6.20. The van der Waals surface area contributed by atoms with Crippen molar-refractivity contribution in [3.63, 3.8) is 0 Å². The summed E-state index contributed by atoms with van der Waals surface area (Å²) in [5.74, 6) is -0.151. The highest BCUT2D eigenvalue weighted by molar-refractivity contribution is 5.97. The van der Waals surface area contributed by atoms with Crippen LogP contribution in [0.3, 0.4) is 0 Å². The minimum absolute atomic E-state index is 0. The molecule has 0 aliphatic heterocycles. The average molecular weight is 370 g/mol. The molecule has 1 aromatic rings. The van der Waals surface area contributed by atoms with Crippen molar-refractivity contribution in [2.45, 2.75) is 38.6 Å². The van der Waals surface area contributed by atoms with Crippen LogP contribution in [0.15, 0.2) is 18.2 Å². The lowest BCUT2D eigenvalue weighted by atomic mass is 10.1. The summed E-state index contributed by atoms with van der Waals surface area (Å²) in [6.45, 7) is 3.31. The molecule has 0 heterocycles. The number of amides is 2. The largest absolute Gasteiger partial charge is 0.383 e. The Morgan fingerprint density at radius 3 is 2.60 bits per heavy atom. The standard InChI is InChI=1S/C18H27N3O3.ClH/c1-13-11-14(18(23)20-15-5-3-4-6-15)7-8-16(13)21-17(22)12-19-9-10-24-2;/h7-8,11,15,19H,3-6,9-10,12H2,1-2H3,(H,20,23)(H,21,22);1H. The number of carbonyl (C=O) groups excluding carboxylic acids is 2. The van der Waals surface area contributed by atoms with E-state index in [2.05, 4.69) is 16.0 Å². The van der Waals surface area contributed by atoms with Gasteiger partial charge < -0.3 is 20.7 Å². The highest BCUT2D eigenvalue weighted by atomic mass is 35.5. The number of anilines is 1. The fraction of sp³-hybridized carbons (Fsp3) is 0.556. The molecule has 2 amide bonds. The number of halogens is 1. The number of ether oxygens (including phenoxy) is 1. The summed E-state index contributed by atoms with van der Waals surface area (Å²) in [7, 11) is 1.62. The first-order chi connectivity index (χ1) is 11.6. The molecule has 2 rings (SSSR count). The maximum Gasteiger partial charge on any atom is 0.251 e. The molecule has 6 nitrogen and oxygen atoms in total. The van der Waals surface area contributed by atoms with Gasteiger partial charge in [-0.05, 0) is 43.5 Å². The molecular formula is C18H28ClN3O3. The summed E-state index contributed by atoms with van der Waals surface area (Å²) in [5.41, 5.74) is 2.24. The van der Waals surface area contributed by atoms with Crippen molar-refractivity contribution in [2.24, 2.45) is 0 Å². The monoisotopic (exact) mass is 369 g/mol. The average Bonchev–Trinajstić information content (AvgIpc) is 3.06. The highest BCUT2D eigenvalue weighted by Gasteiger charge is 2.18. The Hall–Kier alpha value is -1.63. The van der Waals surface area contributed by atoms with Crippen LogP contribution < -0.4 is 16.0 Å². The first-order valence-electron chi connectivity index (χ1n) is 8.51. The van der Waals surface area contributed by atoms with E-state index in [1.165, 1.54) is 12.8 Å². The van der Waals surface area contributed by atoms with Crippen molar-refractivity contribution in [1.29, 1.82) is 0 Å². The topological polar surface area (TPSA) is 79.5 Å². The number of aryl methyl sites for hydroxylation is 1. The van der Waals surface area contributed by atoms with Gasteiger partial charge in [0.25, 0.3) is 5.91 Å². The lowest BCUT2D eigenvalue weighted by molar-refractivity contribution is -0.115. The fourth-order valence-electron chi connectivity index (χ4n) is 2.85. The number of nitrogens with one attached hydrogen (secondary N) is 3. The van der Waals surface area contributed by atoms with Crippen molar-refractivity contribution >= 4 is 29.9 Å². The van der Waals surface area contributed by atoms with Gasteiger partial charge in [0.05, 0.1) is 13.2 Å². The van der Waals surface area contributed by atoms with Crippen LogP contribution in [0, 0.1) is 6.92 Å². The predicted molar refractivity (Wildman–Crippen MR) is 102 cm³/mol. The van der Waals surface area contributed by atoms with Crippen molar-refractivity contribution in [1.82, 2.24) is 10.6 Å². The number of benzene rings is 1. The SMILES string of the molecule is COCCNCC(=O)Nc1ccc(C(=O)NC2CCCC2)cc1C.Cl. The highest BCUT2D eigenvalue weighted by Crippen LogP contribution is 2.20. The molecule has 1 aliphatic carbocycles. The third-order valence-corrected chi connectivity index (χ3v) is 4.22. The van der Waals surface area contributed by atoms with E-state index < -0.39 is 0 Å². The van der Waals surface area contributed by atoms with Crippen LogP contribution in [0.2, 0.25) is 0 Å². The lowest BCUT2D eigenvalue weighted by Crippen LogP contribution is -2.32. The van der Waals surface area contributed by atoms with Gasteiger partial charge in [0.15, 0.2) is 0 Å². The van der Waals surface area contributed by atoms with Gasteiger partial charge in [0.1, 0.15) is 0 Å². The smallest absolute Gasteiger partial charge is 0.251 e. The molecular weight excluding hydrogens is 342 g/mol. The summed E-state index contributed by atoms with van der Waals surface area (Å²) in [4.78, 5) is 24.2. The van der Waals surface area contributed by atoms with Crippen molar-refractivity contribution in [3.05, 3.63) is 29.3 Å². The summed E-state index contributed by atoms with van der Waals surface area (Å²) in [5, 5.41) is 8.92. The number of carbonyl (C=O) groups is 2. The molecule has 140 valence electrons. The van der Waals surface area contributed by atoms with Gasteiger partial charge in [-0.15, -0.1) is 12.4 Å². The minimum Gasteiger partial charge on any atom is -0.383 e. The zero-order valence-corrected chi connectivity index (χ0v) is 15.7. The Morgan fingerprint density at radius 2 is 1.96 bits per heavy atom. The van der Waals surface area contributed by atoms with Crippen LogP contribution in [-0.4, -0.2) is 44.7 Å². The van der Waals surface area contributed by atoms with Crippen LogP contribution in [0.4, 0.5) is 5.69 Å². The molecule has 0 unspecified atom stereocenters. The Labute approximate surface area is 155 Å². The first-order valence-corrected chi connectivity index (χ1v) is 8.51. The van der Waals surface area contributed by atoms with Gasteiger partial charge in [0.2, 0.25) is 5.91 Å². The van der Waals surface area contributed by atoms with Crippen LogP contribution in [0.1, 0.15) is 41.6 Å². The van der Waals surface area contributed by atoms with E-state index in [1.807, 2.05) is 13.0 Å². The third-order valence-electron chi connectivity index (χ3n) is 4.22. The molecule has 25 heavy (non-hydrogen) atoms. The lowest BCUT2D eigenvalue weighted by Gasteiger charge is -2.14. The van der Waals surface area contributed by atoms with Gasteiger partial charge in [-0.1, -0.05) is 12.8 Å². The molecule has 7 heteroatoms. The molecule has 0 saturated heterocycles. The summed E-state index contributed by atoms with van der Waals surface area (Å²) >= 11 is 0. The van der Waals surface area contributed by atoms with Gasteiger partial charge in [0, 0.05) is 30.9 Å². The maximum absolute atomic E-state index is 12.3. The van der Waals surface area contributed by atoms with Crippen molar-refractivity contribution in [3.8, 4) is 0 Å². The van der Waals surface area contributed by atoms with E-state index in [4.69, 9.17) is 4.74 Å². The van der Waals surface area contributed by atoms with Gasteiger partial charge >= 0.3 is 0 Å². The number of hydrogen-bond acceptors (Lipinski definition) is 4. The molecule has 0 aromatic heterocycles. The number of hydrogen-bond donors (Lipinski definition) is 3. The molecule has 1 aliphatic rings. The van der Waals surface area contributed by atoms with Crippen LogP contribution in [0.5, 0.6) is 0 Å². The van der Waals surface area contributed by atoms with E-state index in [1.54, 1.807) is 19.2 Å². The third kappa shape index (κ3) is 7.02. The van der Waals surface area contributed by atoms with E-state index >= 15 is 0 Å². The molecule has 1 aromatic carbocycles. The van der Waals surface area contributed by atoms with Crippen LogP contribution in [0.25, 0.3) is 0 Å². The quantitative estimate of drug-likeness (QED) is 0.614. The fourth-order valence-corrected chi connectivity index (χ4v) is 2.85. The van der Waals surface area contributed by atoms with E-state index in [0.717, 1.165) is 24.1 Å². The zero-order valence-electron chi connectivity index (χ0n) is 14.9. The number of methoxy groups -OCH3 is 1. The minimum atomic E-state index is -0.114. The zero-order chi connectivity index (χ0) is 17.4. The summed E-state index contributed by atoms with van der Waals surface area (Å²) < 4.78 is 4.91. The van der Waals surface area contributed by atoms with Crippen LogP contribution in [-0.2, 0) is 9.53 Å². The second-order valence-corrected chi connectivity index (χ2v) is 6.20. The van der Waals surface area contributed by atoms with Crippen molar-refractivity contribution < 1.29 is 14.3 Å². The number of rotatable bonds is 8. The first kappa shape index (κ1) is 21.4. The van der Waals surface area contributed by atoms with Gasteiger partial charge in [-0.3, -0.25) is 9.59 Å². The molecule has 1 fully saturated rings. The molecule has 0 spiro atoms. The maximum atomic E-state index is 12.3. The van der Waals surface area contributed by atoms with Crippen LogP contribution >= 0.6 is 12.4 Å². The Bertz CT molecular complexity index is 575.